The summed E-state index contributed by atoms with van der Waals surface area (Å²) in [7, 11) is 0. The Morgan fingerprint density at radius 1 is 1.15 bits per heavy atom. The van der Waals surface area contributed by atoms with Crippen molar-refractivity contribution in [1.29, 1.82) is 0 Å². The molecule has 0 radical (unpaired) electrons. The molecule has 104 valence electrons. The maximum Gasteiger partial charge on any atom is 0.180 e. The van der Waals surface area contributed by atoms with E-state index in [2.05, 4.69) is 15.4 Å². The van der Waals surface area contributed by atoms with Crippen molar-refractivity contribution in [1.82, 2.24) is 15.0 Å². The number of pyridine rings is 1. The summed E-state index contributed by atoms with van der Waals surface area (Å²) in [6.07, 6.45) is 4.94. The lowest BCUT2D eigenvalue weighted by Gasteiger charge is -2.12. The topological polar surface area (TPSA) is 76.7 Å². The molecule has 0 spiro atoms. The van der Waals surface area contributed by atoms with E-state index in [-0.39, 0.29) is 0 Å². The Hall–Kier alpha value is -2.01. The molecule has 20 heavy (non-hydrogen) atoms. The molecule has 2 heterocycles. The molecule has 1 aliphatic carbocycles. The second-order valence-corrected chi connectivity index (χ2v) is 5.29. The average Bonchev–Trinajstić information content (AvgIpc) is 3.01. The van der Waals surface area contributed by atoms with Crippen molar-refractivity contribution in [2.24, 2.45) is 5.84 Å². The van der Waals surface area contributed by atoms with Gasteiger partial charge in [0.05, 0.1) is 0 Å². The van der Waals surface area contributed by atoms with E-state index in [0.717, 1.165) is 17.1 Å². The van der Waals surface area contributed by atoms with Gasteiger partial charge in [0.1, 0.15) is 11.5 Å². The Morgan fingerprint density at radius 2 is 1.95 bits per heavy atom. The number of hydrazine groups is 1. The van der Waals surface area contributed by atoms with Crippen LogP contribution in [0.5, 0.6) is 0 Å². The van der Waals surface area contributed by atoms with E-state index in [0.29, 0.717) is 17.6 Å². The van der Waals surface area contributed by atoms with Gasteiger partial charge >= 0.3 is 0 Å². The molecule has 0 unspecified atom stereocenters. The highest BCUT2D eigenvalue weighted by Gasteiger charge is 2.20. The van der Waals surface area contributed by atoms with Crippen LogP contribution in [0.1, 0.15) is 43.0 Å². The maximum atomic E-state index is 5.53. The van der Waals surface area contributed by atoms with Crippen LogP contribution in [0.2, 0.25) is 0 Å². The molecule has 1 saturated carbocycles. The first kappa shape index (κ1) is 13.0. The van der Waals surface area contributed by atoms with Crippen molar-refractivity contribution >= 4 is 5.82 Å². The van der Waals surface area contributed by atoms with Crippen molar-refractivity contribution in [3.63, 3.8) is 0 Å². The molecule has 3 rings (SSSR count). The standard InChI is InChI=1S/C15H19N5/c1-10-5-4-8-12(17-10)15-18-13(9-14(19-15)20-16)11-6-2-3-7-11/h4-5,8-9,11H,2-3,6-7,16H2,1H3,(H,18,19,20). The van der Waals surface area contributed by atoms with Gasteiger partial charge in [-0.1, -0.05) is 18.9 Å². The number of nitrogen functional groups attached to an aromatic ring is 1. The smallest absolute Gasteiger partial charge is 0.180 e. The zero-order valence-electron chi connectivity index (χ0n) is 11.6. The van der Waals surface area contributed by atoms with Gasteiger partial charge in [0.25, 0.3) is 0 Å². The molecule has 0 atom stereocenters. The highest BCUT2D eigenvalue weighted by atomic mass is 15.3. The van der Waals surface area contributed by atoms with E-state index in [1.807, 2.05) is 31.2 Å². The average molecular weight is 269 g/mol. The van der Waals surface area contributed by atoms with Crippen LogP contribution in [0.25, 0.3) is 11.5 Å². The fourth-order valence-corrected chi connectivity index (χ4v) is 2.75. The minimum atomic E-state index is 0.522. The Kier molecular flexibility index (Phi) is 3.60. The quantitative estimate of drug-likeness (QED) is 0.662. The molecule has 1 fully saturated rings. The van der Waals surface area contributed by atoms with Gasteiger partial charge in [0, 0.05) is 23.4 Å². The van der Waals surface area contributed by atoms with Crippen LogP contribution in [0.15, 0.2) is 24.3 Å². The van der Waals surface area contributed by atoms with Gasteiger partial charge < -0.3 is 5.43 Å². The molecule has 3 N–H and O–H groups in total. The Labute approximate surface area is 118 Å². The summed E-state index contributed by atoms with van der Waals surface area (Å²) in [4.78, 5) is 13.6. The van der Waals surface area contributed by atoms with Gasteiger partial charge in [-0.15, -0.1) is 0 Å². The second kappa shape index (κ2) is 5.54. The van der Waals surface area contributed by atoms with Crippen molar-refractivity contribution in [2.45, 2.75) is 38.5 Å². The third-order valence-electron chi connectivity index (χ3n) is 3.78. The van der Waals surface area contributed by atoms with E-state index < -0.39 is 0 Å². The Morgan fingerprint density at radius 3 is 2.65 bits per heavy atom. The predicted molar refractivity (Wildman–Crippen MR) is 79.0 cm³/mol. The SMILES string of the molecule is Cc1cccc(-c2nc(NN)cc(C3CCCC3)n2)n1. The number of nitrogens with zero attached hydrogens (tertiary/aromatic N) is 3. The molecular weight excluding hydrogens is 250 g/mol. The lowest BCUT2D eigenvalue weighted by molar-refractivity contribution is 0.695. The molecule has 0 saturated heterocycles. The molecule has 0 bridgehead atoms. The number of nitrogens with two attached hydrogens (primary N) is 1. The zero-order valence-corrected chi connectivity index (χ0v) is 11.6. The fourth-order valence-electron chi connectivity index (χ4n) is 2.75. The van der Waals surface area contributed by atoms with Crippen LogP contribution in [0.4, 0.5) is 5.82 Å². The summed E-state index contributed by atoms with van der Waals surface area (Å²) in [5.74, 6) is 7.35. The summed E-state index contributed by atoms with van der Waals surface area (Å²) < 4.78 is 0. The molecule has 0 aliphatic heterocycles. The lowest BCUT2D eigenvalue weighted by atomic mass is 10.0. The third kappa shape index (κ3) is 2.63. The number of anilines is 1. The van der Waals surface area contributed by atoms with E-state index in [4.69, 9.17) is 10.8 Å². The van der Waals surface area contributed by atoms with Crippen LogP contribution < -0.4 is 11.3 Å². The number of nitrogens with one attached hydrogen (secondary N) is 1. The Bertz CT molecular complexity index is 605. The summed E-state index contributed by atoms with van der Waals surface area (Å²) in [6.45, 7) is 1.96. The van der Waals surface area contributed by atoms with Crippen molar-refractivity contribution < 1.29 is 0 Å². The maximum absolute atomic E-state index is 5.53. The van der Waals surface area contributed by atoms with E-state index in [9.17, 15) is 0 Å². The van der Waals surface area contributed by atoms with E-state index >= 15 is 0 Å². The number of rotatable bonds is 3. The Balaban J connectivity index is 2.03. The summed E-state index contributed by atoms with van der Waals surface area (Å²) in [5.41, 5.74) is 5.46. The number of hydrogen-bond acceptors (Lipinski definition) is 5. The minimum Gasteiger partial charge on any atom is -0.308 e. The number of aromatic nitrogens is 3. The summed E-state index contributed by atoms with van der Waals surface area (Å²) in [5, 5.41) is 0. The molecule has 2 aromatic heterocycles. The van der Waals surface area contributed by atoms with Crippen LogP contribution in [0, 0.1) is 6.92 Å². The summed E-state index contributed by atoms with van der Waals surface area (Å²) >= 11 is 0. The van der Waals surface area contributed by atoms with Crippen LogP contribution in [-0.2, 0) is 0 Å². The molecule has 5 nitrogen and oxygen atoms in total. The van der Waals surface area contributed by atoms with Gasteiger partial charge in [-0.05, 0) is 31.9 Å². The molecule has 0 aromatic carbocycles. The first-order valence-corrected chi connectivity index (χ1v) is 7.06. The first-order valence-electron chi connectivity index (χ1n) is 7.06. The number of hydrogen-bond donors (Lipinski definition) is 2. The zero-order chi connectivity index (χ0) is 13.9. The molecule has 1 aliphatic rings. The molecule has 5 heteroatoms. The minimum absolute atomic E-state index is 0.522. The van der Waals surface area contributed by atoms with Crippen LogP contribution in [0.3, 0.4) is 0 Å². The van der Waals surface area contributed by atoms with Gasteiger partial charge in [0.2, 0.25) is 0 Å². The predicted octanol–water partition coefficient (Wildman–Crippen LogP) is 2.79. The highest BCUT2D eigenvalue weighted by Crippen LogP contribution is 2.34. The van der Waals surface area contributed by atoms with E-state index in [1.165, 1.54) is 25.7 Å². The van der Waals surface area contributed by atoms with Crippen molar-refractivity contribution in [2.75, 3.05) is 5.43 Å². The summed E-state index contributed by atoms with van der Waals surface area (Å²) in [6, 6.07) is 7.82. The van der Waals surface area contributed by atoms with Gasteiger partial charge in [-0.3, -0.25) is 0 Å². The first-order chi connectivity index (χ1) is 9.76. The highest BCUT2D eigenvalue weighted by molar-refractivity contribution is 5.53. The normalized spacial score (nSPS) is 15.5. The lowest BCUT2D eigenvalue weighted by Crippen LogP contribution is -2.11. The van der Waals surface area contributed by atoms with Gasteiger partial charge in [0.15, 0.2) is 5.82 Å². The number of aryl methyl sites for hydroxylation is 1. The molecule has 2 aromatic rings. The third-order valence-corrected chi connectivity index (χ3v) is 3.78. The van der Waals surface area contributed by atoms with Crippen molar-refractivity contribution in [3.05, 3.63) is 35.7 Å². The van der Waals surface area contributed by atoms with Crippen LogP contribution >= 0.6 is 0 Å². The van der Waals surface area contributed by atoms with Gasteiger partial charge in [-0.2, -0.15) is 0 Å². The van der Waals surface area contributed by atoms with Gasteiger partial charge in [-0.25, -0.2) is 20.8 Å². The largest absolute Gasteiger partial charge is 0.308 e. The van der Waals surface area contributed by atoms with Crippen molar-refractivity contribution in [3.8, 4) is 11.5 Å². The molecule has 0 amide bonds. The van der Waals surface area contributed by atoms with E-state index in [1.54, 1.807) is 0 Å². The monoisotopic (exact) mass is 269 g/mol. The molecular formula is C15H19N5. The fraction of sp³-hybridized carbons (Fsp3) is 0.400. The second-order valence-electron chi connectivity index (χ2n) is 5.29. The van der Waals surface area contributed by atoms with Crippen LogP contribution in [-0.4, -0.2) is 15.0 Å².